The summed E-state index contributed by atoms with van der Waals surface area (Å²) in [6.07, 6.45) is 0. The van der Waals surface area contributed by atoms with E-state index in [1.54, 1.807) is 0 Å². The van der Waals surface area contributed by atoms with E-state index in [9.17, 15) is 9.90 Å². The number of amides is 1. The third-order valence-corrected chi connectivity index (χ3v) is 3.81. The van der Waals surface area contributed by atoms with Crippen molar-refractivity contribution in [2.24, 2.45) is 0 Å². The molecule has 0 radical (unpaired) electrons. The number of carbonyl (C=O) groups is 1. The number of carbonyl (C=O) groups excluding carboxylic acids is 1. The van der Waals surface area contributed by atoms with Crippen molar-refractivity contribution in [3.8, 4) is 0 Å². The summed E-state index contributed by atoms with van der Waals surface area (Å²) in [6.45, 7) is 2.35. The van der Waals surface area contributed by atoms with Crippen LogP contribution in [-0.4, -0.2) is 11.0 Å². The molecule has 2 rings (SSSR count). The van der Waals surface area contributed by atoms with Crippen LogP contribution in [0, 0.1) is 6.92 Å². The van der Waals surface area contributed by atoms with E-state index >= 15 is 0 Å². The number of aliphatic hydroxyl groups excluding tert-OH is 1. The van der Waals surface area contributed by atoms with E-state index < -0.39 is 0 Å². The molecule has 0 aliphatic carbocycles. The summed E-state index contributed by atoms with van der Waals surface area (Å²) in [5.41, 5.74) is 2.79. The summed E-state index contributed by atoms with van der Waals surface area (Å²) in [5.74, 6) is -0.0600. The molecule has 1 amide bonds. The van der Waals surface area contributed by atoms with Gasteiger partial charge in [0.15, 0.2) is 0 Å². The van der Waals surface area contributed by atoms with Gasteiger partial charge in [-0.3, -0.25) is 4.79 Å². The van der Waals surface area contributed by atoms with Crippen molar-refractivity contribution in [3.63, 3.8) is 0 Å². The molecule has 4 heteroatoms. The highest BCUT2D eigenvalue weighted by Gasteiger charge is 2.10. The zero-order valence-corrected chi connectivity index (χ0v) is 11.0. The van der Waals surface area contributed by atoms with Crippen LogP contribution in [0.5, 0.6) is 0 Å². The number of hydrogen-bond donors (Lipinski definition) is 2. The first-order chi connectivity index (χ1) is 8.72. The minimum absolute atomic E-state index is 0.00985. The van der Waals surface area contributed by atoms with Crippen molar-refractivity contribution in [2.75, 3.05) is 0 Å². The van der Waals surface area contributed by atoms with E-state index in [0.717, 1.165) is 21.6 Å². The van der Waals surface area contributed by atoms with Gasteiger partial charge in [-0.05, 0) is 35.1 Å². The van der Waals surface area contributed by atoms with Gasteiger partial charge in [0.1, 0.15) is 0 Å². The monoisotopic (exact) mass is 261 g/mol. The highest BCUT2D eigenvalue weighted by atomic mass is 32.1. The number of aliphatic hydroxyl groups is 1. The normalized spacial score (nSPS) is 10.3. The second-order valence-electron chi connectivity index (χ2n) is 4.04. The molecular formula is C14H15NO2S. The van der Waals surface area contributed by atoms with Crippen LogP contribution in [0.2, 0.25) is 0 Å². The molecule has 1 aromatic carbocycles. The van der Waals surface area contributed by atoms with E-state index in [1.807, 2.05) is 42.6 Å². The third-order valence-electron chi connectivity index (χ3n) is 2.80. The fourth-order valence-corrected chi connectivity index (χ4v) is 2.59. The Morgan fingerprint density at radius 1 is 1.28 bits per heavy atom. The van der Waals surface area contributed by atoms with Gasteiger partial charge in [0.25, 0.3) is 5.91 Å². The quantitative estimate of drug-likeness (QED) is 0.888. The Balaban J connectivity index is 2.04. The molecule has 3 nitrogen and oxygen atoms in total. The zero-order valence-electron chi connectivity index (χ0n) is 10.1. The van der Waals surface area contributed by atoms with Crippen molar-refractivity contribution in [2.45, 2.75) is 20.1 Å². The molecule has 0 fully saturated rings. The van der Waals surface area contributed by atoms with Crippen molar-refractivity contribution in [1.82, 2.24) is 5.32 Å². The van der Waals surface area contributed by atoms with Crippen LogP contribution in [0.25, 0.3) is 0 Å². The average Bonchev–Trinajstić information content (AvgIpc) is 2.82. The Labute approximate surface area is 110 Å². The van der Waals surface area contributed by atoms with E-state index in [4.69, 9.17) is 0 Å². The fourth-order valence-electron chi connectivity index (χ4n) is 1.75. The molecule has 0 unspecified atom stereocenters. The predicted molar refractivity (Wildman–Crippen MR) is 72.6 cm³/mol. The maximum Gasteiger partial charge on any atom is 0.261 e. The highest BCUT2D eigenvalue weighted by molar-refractivity contribution is 7.12. The summed E-state index contributed by atoms with van der Waals surface area (Å²) >= 11 is 1.44. The SMILES string of the molecule is Cc1ccsc1C(=O)NCc1ccccc1CO. The van der Waals surface area contributed by atoms with Crippen LogP contribution in [-0.2, 0) is 13.2 Å². The van der Waals surface area contributed by atoms with Gasteiger partial charge in [-0.15, -0.1) is 11.3 Å². The first kappa shape index (κ1) is 12.8. The van der Waals surface area contributed by atoms with E-state index in [1.165, 1.54) is 11.3 Å². The van der Waals surface area contributed by atoms with Crippen molar-refractivity contribution >= 4 is 17.2 Å². The fraction of sp³-hybridized carbons (Fsp3) is 0.214. The molecule has 2 aromatic rings. The molecule has 1 heterocycles. The van der Waals surface area contributed by atoms with Crippen LogP contribution in [0.1, 0.15) is 26.4 Å². The second-order valence-corrected chi connectivity index (χ2v) is 4.96. The molecule has 18 heavy (non-hydrogen) atoms. The van der Waals surface area contributed by atoms with E-state index in [2.05, 4.69) is 5.32 Å². The number of benzene rings is 1. The Morgan fingerprint density at radius 2 is 2.00 bits per heavy atom. The number of nitrogens with one attached hydrogen (secondary N) is 1. The number of hydrogen-bond acceptors (Lipinski definition) is 3. The lowest BCUT2D eigenvalue weighted by atomic mass is 10.1. The molecule has 0 saturated heterocycles. The van der Waals surface area contributed by atoms with Gasteiger partial charge in [-0.1, -0.05) is 24.3 Å². The molecular weight excluding hydrogens is 246 g/mol. The van der Waals surface area contributed by atoms with Gasteiger partial charge >= 0.3 is 0 Å². The first-order valence-electron chi connectivity index (χ1n) is 5.72. The number of thiophene rings is 1. The van der Waals surface area contributed by atoms with Crippen molar-refractivity contribution < 1.29 is 9.90 Å². The van der Waals surface area contributed by atoms with Crippen molar-refractivity contribution in [1.29, 1.82) is 0 Å². The van der Waals surface area contributed by atoms with Crippen molar-refractivity contribution in [3.05, 3.63) is 57.3 Å². The number of rotatable bonds is 4. The zero-order chi connectivity index (χ0) is 13.0. The maximum atomic E-state index is 11.9. The lowest BCUT2D eigenvalue weighted by molar-refractivity contribution is 0.0954. The minimum atomic E-state index is -0.0600. The topological polar surface area (TPSA) is 49.3 Å². The summed E-state index contributed by atoms with van der Waals surface area (Å²) < 4.78 is 0. The highest BCUT2D eigenvalue weighted by Crippen LogP contribution is 2.15. The molecule has 0 aliphatic heterocycles. The second kappa shape index (κ2) is 5.80. The van der Waals surface area contributed by atoms with Gasteiger partial charge in [-0.25, -0.2) is 0 Å². The molecule has 0 aliphatic rings. The lowest BCUT2D eigenvalue weighted by Crippen LogP contribution is -2.23. The van der Waals surface area contributed by atoms with E-state index in [0.29, 0.717) is 6.54 Å². The van der Waals surface area contributed by atoms with Gasteiger partial charge in [0.05, 0.1) is 11.5 Å². The van der Waals surface area contributed by atoms with Gasteiger partial charge in [0.2, 0.25) is 0 Å². The largest absolute Gasteiger partial charge is 0.392 e. The summed E-state index contributed by atoms with van der Waals surface area (Å²) in [7, 11) is 0. The molecule has 1 aromatic heterocycles. The third kappa shape index (κ3) is 2.78. The Morgan fingerprint density at radius 3 is 2.61 bits per heavy atom. The van der Waals surface area contributed by atoms with Gasteiger partial charge in [0, 0.05) is 6.54 Å². The van der Waals surface area contributed by atoms with Crippen LogP contribution in [0.15, 0.2) is 35.7 Å². The van der Waals surface area contributed by atoms with Gasteiger partial charge in [-0.2, -0.15) is 0 Å². The van der Waals surface area contributed by atoms with Crippen LogP contribution < -0.4 is 5.32 Å². The standard InChI is InChI=1S/C14H15NO2S/c1-10-6-7-18-13(10)14(17)15-8-11-4-2-3-5-12(11)9-16/h2-7,16H,8-9H2,1H3,(H,15,17). The number of aryl methyl sites for hydroxylation is 1. The van der Waals surface area contributed by atoms with Crippen LogP contribution in [0.3, 0.4) is 0 Å². The molecule has 94 valence electrons. The molecule has 0 bridgehead atoms. The average molecular weight is 261 g/mol. The Hall–Kier alpha value is -1.65. The smallest absolute Gasteiger partial charge is 0.261 e. The minimum Gasteiger partial charge on any atom is -0.392 e. The first-order valence-corrected chi connectivity index (χ1v) is 6.60. The maximum absolute atomic E-state index is 11.9. The summed E-state index contributed by atoms with van der Waals surface area (Å²) in [6, 6.07) is 9.48. The molecule has 2 N–H and O–H groups in total. The summed E-state index contributed by atoms with van der Waals surface area (Å²) in [5, 5.41) is 14.0. The molecule has 0 spiro atoms. The van der Waals surface area contributed by atoms with E-state index in [-0.39, 0.29) is 12.5 Å². The molecule has 0 saturated carbocycles. The Kier molecular flexibility index (Phi) is 4.12. The molecule has 0 atom stereocenters. The van der Waals surface area contributed by atoms with Crippen LogP contribution >= 0.6 is 11.3 Å². The lowest BCUT2D eigenvalue weighted by Gasteiger charge is -2.08. The van der Waals surface area contributed by atoms with Crippen LogP contribution in [0.4, 0.5) is 0 Å². The summed E-state index contributed by atoms with van der Waals surface area (Å²) in [4.78, 5) is 12.7. The Bertz CT molecular complexity index is 548. The predicted octanol–water partition coefficient (Wildman–Crippen LogP) is 2.48. The van der Waals surface area contributed by atoms with Gasteiger partial charge < -0.3 is 10.4 Å².